The molecule has 0 aromatic carbocycles. The van der Waals surface area contributed by atoms with Crippen LogP contribution in [0.15, 0.2) is 0 Å². The van der Waals surface area contributed by atoms with E-state index in [9.17, 15) is 13.6 Å². The highest BCUT2D eigenvalue weighted by molar-refractivity contribution is 5.68. The molecule has 0 radical (unpaired) electrons. The molecule has 17 heavy (non-hydrogen) atoms. The van der Waals surface area contributed by atoms with E-state index in [1.54, 1.807) is 27.7 Å². The van der Waals surface area contributed by atoms with E-state index in [0.717, 1.165) is 4.90 Å². The van der Waals surface area contributed by atoms with E-state index < -0.39 is 30.7 Å². The summed E-state index contributed by atoms with van der Waals surface area (Å²) in [6, 6.07) is -0.307. The minimum atomic E-state index is -2.92. The minimum Gasteiger partial charge on any atom is -0.444 e. The molecule has 1 aliphatic heterocycles. The topological polar surface area (TPSA) is 41.6 Å². The number of carbonyl (C=O) groups excluding carboxylic acids is 1. The Labute approximate surface area is 100 Å². The number of hydrogen-bond donors (Lipinski definition) is 1. The fourth-order valence-electron chi connectivity index (χ4n) is 1.60. The monoisotopic (exact) mass is 250 g/mol. The number of nitrogens with zero attached hydrogens (tertiary/aromatic N) is 1. The second-order valence-corrected chi connectivity index (χ2v) is 5.44. The van der Waals surface area contributed by atoms with Crippen molar-refractivity contribution in [3.8, 4) is 0 Å². The molecule has 0 bridgehead atoms. The quantitative estimate of drug-likeness (QED) is 0.713. The van der Waals surface area contributed by atoms with Crippen LogP contribution in [0.1, 0.15) is 27.7 Å². The highest BCUT2D eigenvalue weighted by Gasteiger charge is 2.39. The maximum atomic E-state index is 13.4. The Morgan fingerprint density at radius 1 is 1.47 bits per heavy atom. The molecule has 0 aromatic rings. The van der Waals surface area contributed by atoms with Crippen molar-refractivity contribution in [2.75, 3.05) is 19.6 Å². The van der Waals surface area contributed by atoms with Crippen LogP contribution in [0.5, 0.6) is 0 Å². The van der Waals surface area contributed by atoms with Crippen LogP contribution in [0.2, 0.25) is 0 Å². The van der Waals surface area contributed by atoms with E-state index in [1.165, 1.54) is 0 Å². The summed E-state index contributed by atoms with van der Waals surface area (Å²) in [6.07, 6.45) is -0.687. The normalized spacial score (nSPS) is 25.3. The van der Waals surface area contributed by atoms with E-state index in [4.69, 9.17) is 4.74 Å². The lowest BCUT2D eigenvalue weighted by atomic mass is 10.2. The summed E-state index contributed by atoms with van der Waals surface area (Å²) in [7, 11) is 0. The molecule has 1 N–H and O–H groups in total. The lowest BCUT2D eigenvalue weighted by molar-refractivity contribution is -0.0364. The Kier molecular flexibility index (Phi) is 3.96. The van der Waals surface area contributed by atoms with Crippen LogP contribution in [-0.4, -0.2) is 48.2 Å². The number of halogens is 2. The second kappa shape index (κ2) is 4.76. The molecule has 6 heteroatoms. The summed E-state index contributed by atoms with van der Waals surface area (Å²) in [4.78, 5) is 12.9. The highest BCUT2D eigenvalue weighted by Crippen LogP contribution is 2.21. The number of alkyl halides is 2. The van der Waals surface area contributed by atoms with Gasteiger partial charge in [-0.15, -0.1) is 0 Å². The van der Waals surface area contributed by atoms with Gasteiger partial charge in [0.25, 0.3) is 5.92 Å². The van der Waals surface area contributed by atoms with Crippen molar-refractivity contribution in [3.05, 3.63) is 0 Å². The lowest BCUT2D eigenvalue weighted by Gasteiger charge is -2.31. The summed E-state index contributed by atoms with van der Waals surface area (Å²) in [5.74, 6) is -2.92. The van der Waals surface area contributed by atoms with Crippen molar-refractivity contribution in [2.24, 2.45) is 0 Å². The summed E-state index contributed by atoms with van der Waals surface area (Å²) in [5, 5.41) is 2.64. The Bertz CT molecular complexity index is 290. The van der Waals surface area contributed by atoms with Crippen molar-refractivity contribution in [2.45, 2.75) is 45.3 Å². The fraction of sp³-hybridized carbons (Fsp3) is 0.909. The molecule has 1 fully saturated rings. The third-order valence-corrected chi connectivity index (χ3v) is 2.39. The SMILES string of the molecule is CC1CNCC(F)(F)CN1C(=O)OC(C)(C)C. The zero-order valence-corrected chi connectivity index (χ0v) is 10.7. The largest absolute Gasteiger partial charge is 0.444 e. The number of hydrogen-bond acceptors (Lipinski definition) is 3. The van der Waals surface area contributed by atoms with Crippen LogP contribution in [0.25, 0.3) is 0 Å². The first-order valence-corrected chi connectivity index (χ1v) is 5.69. The Hall–Kier alpha value is -0.910. The van der Waals surface area contributed by atoms with Crippen molar-refractivity contribution < 1.29 is 18.3 Å². The van der Waals surface area contributed by atoms with Crippen LogP contribution in [0.4, 0.5) is 13.6 Å². The maximum absolute atomic E-state index is 13.4. The van der Waals surface area contributed by atoms with Gasteiger partial charge in [-0.3, -0.25) is 4.90 Å². The number of nitrogens with one attached hydrogen (secondary N) is 1. The average Bonchev–Trinajstić information content (AvgIpc) is 2.22. The van der Waals surface area contributed by atoms with Gasteiger partial charge < -0.3 is 10.1 Å². The van der Waals surface area contributed by atoms with Crippen LogP contribution in [0.3, 0.4) is 0 Å². The van der Waals surface area contributed by atoms with E-state index in [-0.39, 0.29) is 6.04 Å². The van der Waals surface area contributed by atoms with E-state index in [1.807, 2.05) is 0 Å². The Morgan fingerprint density at radius 2 is 2.06 bits per heavy atom. The molecular formula is C11H20F2N2O2. The molecule has 1 rings (SSSR count). The number of carbonyl (C=O) groups is 1. The van der Waals surface area contributed by atoms with Gasteiger partial charge in [0.05, 0.1) is 13.1 Å². The lowest BCUT2D eigenvalue weighted by Crippen LogP contribution is -2.47. The van der Waals surface area contributed by atoms with Crippen LogP contribution in [-0.2, 0) is 4.74 Å². The van der Waals surface area contributed by atoms with Crippen molar-refractivity contribution in [3.63, 3.8) is 0 Å². The molecule has 0 aliphatic carbocycles. The van der Waals surface area contributed by atoms with Gasteiger partial charge in [-0.1, -0.05) is 0 Å². The molecule has 1 atom stereocenters. The first-order chi connectivity index (χ1) is 7.61. The molecule has 0 aromatic heterocycles. The number of amides is 1. The van der Waals surface area contributed by atoms with Gasteiger partial charge in [0, 0.05) is 12.6 Å². The molecule has 0 saturated carbocycles. The van der Waals surface area contributed by atoms with Gasteiger partial charge in [0.15, 0.2) is 0 Å². The molecule has 1 amide bonds. The molecule has 1 heterocycles. The minimum absolute atomic E-state index is 0.307. The van der Waals surface area contributed by atoms with Crippen LogP contribution < -0.4 is 5.32 Å². The van der Waals surface area contributed by atoms with Gasteiger partial charge in [-0.25, -0.2) is 13.6 Å². The molecular weight excluding hydrogens is 230 g/mol. The van der Waals surface area contributed by atoms with E-state index in [2.05, 4.69) is 5.32 Å². The Morgan fingerprint density at radius 3 is 2.59 bits per heavy atom. The zero-order chi connectivity index (χ0) is 13.3. The third-order valence-electron chi connectivity index (χ3n) is 2.39. The van der Waals surface area contributed by atoms with E-state index >= 15 is 0 Å². The van der Waals surface area contributed by atoms with Crippen LogP contribution >= 0.6 is 0 Å². The summed E-state index contributed by atoms with van der Waals surface area (Å²) < 4.78 is 31.9. The molecule has 0 spiro atoms. The summed E-state index contributed by atoms with van der Waals surface area (Å²) >= 11 is 0. The fourth-order valence-corrected chi connectivity index (χ4v) is 1.60. The van der Waals surface area contributed by atoms with Crippen molar-refractivity contribution in [1.82, 2.24) is 10.2 Å². The van der Waals surface area contributed by atoms with Gasteiger partial charge in [0.2, 0.25) is 0 Å². The first-order valence-electron chi connectivity index (χ1n) is 5.69. The predicted octanol–water partition coefficient (Wildman–Crippen LogP) is 1.85. The van der Waals surface area contributed by atoms with Gasteiger partial charge in [-0.2, -0.15) is 0 Å². The van der Waals surface area contributed by atoms with E-state index in [0.29, 0.717) is 6.54 Å². The average molecular weight is 250 g/mol. The number of rotatable bonds is 0. The second-order valence-electron chi connectivity index (χ2n) is 5.44. The molecule has 1 saturated heterocycles. The van der Waals surface area contributed by atoms with Crippen LogP contribution in [0, 0.1) is 0 Å². The third kappa shape index (κ3) is 4.46. The summed E-state index contributed by atoms with van der Waals surface area (Å²) in [5.41, 5.74) is -0.675. The van der Waals surface area contributed by atoms with Crippen molar-refractivity contribution in [1.29, 1.82) is 0 Å². The predicted molar refractivity (Wildman–Crippen MR) is 60.2 cm³/mol. The smallest absolute Gasteiger partial charge is 0.410 e. The summed E-state index contributed by atoms with van der Waals surface area (Å²) in [6.45, 7) is 6.19. The van der Waals surface area contributed by atoms with Crippen molar-refractivity contribution >= 4 is 6.09 Å². The molecule has 4 nitrogen and oxygen atoms in total. The molecule has 100 valence electrons. The zero-order valence-electron chi connectivity index (χ0n) is 10.7. The number of ether oxygens (including phenoxy) is 1. The first kappa shape index (κ1) is 14.2. The van der Waals surface area contributed by atoms with Gasteiger partial charge in [-0.05, 0) is 27.7 Å². The highest BCUT2D eigenvalue weighted by atomic mass is 19.3. The van der Waals surface area contributed by atoms with Gasteiger partial charge in [0.1, 0.15) is 5.60 Å². The van der Waals surface area contributed by atoms with Gasteiger partial charge >= 0.3 is 6.09 Å². The molecule has 1 aliphatic rings. The maximum Gasteiger partial charge on any atom is 0.410 e. The standard InChI is InChI=1S/C11H20F2N2O2/c1-8-5-14-6-11(12,13)7-15(8)9(16)17-10(2,3)4/h8,14H,5-7H2,1-4H3. The molecule has 1 unspecified atom stereocenters. The Balaban J connectivity index is 2.75.